The summed E-state index contributed by atoms with van der Waals surface area (Å²) in [6.45, 7) is 2.76. The number of halogens is 2. The molecule has 1 aliphatic carbocycles. The van der Waals surface area contributed by atoms with Crippen molar-refractivity contribution < 1.29 is 18.7 Å². The van der Waals surface area contributed by atoms with Crippen molar-refractivity contribution in [3.05, 3.63) is 88.5 Å². The molecule has 3 aromatic rings. The summed E-state index contributed by atoms with van der Waals surface area (Å²) < 4.78 is 26.0. The van der Waals surface area contributed by atoms with E-state index >= 15 is 0 Å². The van der Waals surface area contributed by atoms with Crippen molar-refractivity contribution in [1.29, 1.82) is 0 Å². The first-order chi connectivity index (χ1) is 15.6. The minimum Gasteiger partial charge on any atom is -0.490 e. The minimum atomic E-state index is -0.412. The van der Waals surface area contributed by atoms with Crippen LogP contribution in [0.3, 0.4) is 0 Å². The fraction of sp³-hybridized carbons (Fsp3) is 0.280. The minimum absolute atomic E-state index is 0.0789. The zero-order chi connectivity index (χ0) is 22.5. The largest absolute Gasteiger partial charge is 0.490 e. The molecule has 4 rings (SSSR count). The van der Waals surface area contributed by atoms with Crippen molar-refractivity contribution in [3.8, 4) is 11.5 Å². The van der Waals surface area contributed by atoms with Crippen LogP contribution in [0.15, 0.2) is 60.9 Å². The molecule has 1 aromatic heterocycles. The van der Waals surface area contributed by atoms with E-state index in [1.807, 2.05) is 19.1 Å². The Morgan fingerprint density at radius 3 is 2.69 bits per heavy atom. The summed E-state index contributed by atoms with van der Waals surface area (Å²) in [5.41, 5.74) is 1.72. The Morgan fingerprint density at radius 1 is 1.16 bits per heavy atom. The Hall–Kier alpha value is -3.12. The number of aromatic nitrogens is 1. The summed E-state index contributed by atoms with van der Waals surface area (Å²) in [5, 5.41) is 0.317. The number of rotatable bonds is 9. The molecule has 1 amide bonds. The van der Waals surface area contributed by atoms with Crippen molar-refractivity contribution in [2.45, 2.75) is 39.0 Å². The molecule has 0 radical (unpaired) electrons. The lowest BCUT2D eigenvalue weighted by Crippen LogP contribution is -2.33. The maximum atomic E-state index is 14.3. The Balaban J connectivity index is 1.55. The zero-order valence-corrected chi connectivity index (χ0v) is 18.5. The van der Waals surface area contributed by atoms with Gasteiger partial charge >= 0.3 is 0 Å². The highest BCUT2D eigenvalue weighted by molar-refractivity contribution is 6.31. The van der Waals surface area contributed by atoms with Crippen LogP contribution >= 0.6 is 11.6 Å². The van der Waals surface area contributed by atoms with Gasteiger partial charge in [-0.05, 0) is 56.2 Å². The Bertz CT molecular complexity index is 1070. The molecule has 1 fully saturated rings. The van der Waals surface area contributed by atoms with Gasteiger partial charge in [-0.1, -0.05) is 23.7 Å². The second-order valence-electron chi connectivity index (χ2n) is 7.61. The van der Waals surface area contributed by atoms with Gasteiger partial charge in [0, 0.05) is 40.1 Å². The summed E-state index contributed by atoms with van der Waals surface area (Å²) in [6.07, 6.45) is 5.22. The van der Waals surface area contributed by atoms with Gasteiger partial charge in [0.25, 0.3) is 5.91 Å². The monoisotopic (exact) mass is 454 g/mol. The molecule has 0 saturated heterocycles. The van der Waals surface area contributed by atoms with E-state index in [9.17, 15) is 9.18 Å². The van der Waals surface area contributed by atoms with Gasteiger partial charge < -0.3 is 14.4 Å². The second kappa shape index (κ2) is 10.0. The average Bonchev–Trinajstić information content (AvgIpc) is 3.64. The van der Waals surface area contributed by atoms with Gasteiger partial charge in [0.1, 0.15) is 12.4 Å². The predicted molar refractivity (Wildman–Crippen MR) is 120 cm³/mol. The van der Waals surface area contributed by atoms with Crippen LogP contribution in [0, 0.1) is 5.82 Å². The lowest BCUT2D eigenvalue weighted by Gasteiger charge is -2.24. The third-order valence-corrected chi connectivity index (χ3v) is 5.60. The van der Waals surface area contributed by atoms with Crippen LogP contribution in [-0.4, -0.2) is 28.4 Å². The number of carbonyl (C=O) groups is 1. The third kappa shape index (κ3) is 5.19. The van der Waals surface area contributed by atoms with E-state index in [1.54, 1.807) is 47.6 Å². The van der Waals surface area contributed by atoms with Crippen LogP contribution in [0.1, 0.15) is 41.3 Å². The lowest BCUT2D eigenvalue weighted by molar-refractivity contribution is 0.0727. The molecule has 1 heterocycles. The maximum Gasteiger partial charge on any atom is 0.254 e. The molecular weight excluding hydrogens is 431 g/mol. The molecule has 32 heavy (non-hydrogen) atoms. The summed E-state index contributed by atoms with van der Waals surface area (Å²) in [6, 6.07) is 13.5. The molecule has 7 heteroatoms. The van der Waals surface area contributed by atoms with Crippen molar-refractivity contribution in [2.75, 3.05) is 6.61 Å². The topological polar surface area (TPSA) is 51.7 Å². The van der Waals surface area contributed by atoms with E-state index < -0.39 is 5.82 Å². The number of pyridine rings is 1. The van der Waals surface area contributed by atoms with Crippen LogP contribution < -0.4 is 9.47 Å². The number of nitrogens with zero attached hydrogens (tertiary/aromatic N) is 2. The highest BCUT2D eigenvalue weighted by Crippen LogP contribution is 2.34. The van der Waals surface area contributed by atoms with E-state index in [-0.39, 0.29) is 18.5 Å². The van der Waals surface area contributed by atoms with E-state index in [0.29, 0.717) is 40.9 Å². The molecule has 0 unspecified atom stereocenters. The van der Waals surface area contributed by atoms with E-state index in [1.165, 1.54) is 6.07 Å². The molecule has 0 N–H and O–H groups in total. The normalized spacial score (nSPS) is 13.0. The third-order valence-electron chi connectivity index (χ3n) is 5.25. The number of carbonyl (C=O) groups excluding carboxylic acids is 1. The van der Waals surface area contributed by atoms with Gasteiger partial charge in [0.2, 0.25) is 0 Å². The predicted octanol–water partition coefficient (Wildman–Crippen LogP) is 5.66. The van der Waals surface area contributed by atoms with Crippen LogP contribution in [0.25, 0.3) is 0 Å². The molecule has 1 aliphatic rings. The summed E-state index contributed by atoms with van der Waals surface area (Å²) in [7, 11) is 0. The van der Waals surface area contributed by atoms with Crippen molar-refractivity contribution in [1.82, 2.24) is 9.88 Å². The van der Waals surface area contributed by atoms with Crippen LogP contribution in [0.2, 0.25) is 5.02 Å². The zero-order valence-electron chi connectivity index (χ0n) is 17.8. The standard InChI is InChI=1S/C25H24ClFN2O3/c1-2-31-24-13-18(8-11-23(24)32-16-17-5-4-12-28-14-17)25(30)29(19-9-10-19)15-20-21(26)6-3-7-22(20)27/h3-8,11-14,19H,2,9-10,15-16H2,1H3. The van der Waals surface area contributed by atoms with Gasteiger partial charge in [0.05, 0.1) is 13.2 Å². The SMILES string of the molecule is CCOc1cc(C(=O)N(Cc2c(F)cccc2Cl)C2CC2)ccc1OCc1cccnc1. The Labute approximate surface area is 191 Å². The summed E-state index contributed by atoms with van der Waals surface area (Å²) in [5.74, 6) is 0.431. The Kier molecular flexibility index (Phi) is 6.90. The molecule has 0 atom stereocenters. The lowest BCUT2D eigenvalue weighted by atomic mass is 10.1. The van der Waals surface area contributed by atoms with Crippen molar-refractivity contribution in [2.24, 2.45) is 0 Å². The van der Waals surface area contributed by atoms with Crippen LogP contribution in [-0.2, 0) is 13.2 Å². The fourth-order valence-corrected chi connectivity index (χ4v) is 3.67. The van der Waals surface area contributed by atoms with Crippen LogP contribution in [0.5, 0.6) is 11.5 Å². The number of benzene rings is 2. The highest BCUT2D eigenvalue weighted by Gasteiger charge is 2.34. The van der Waals surface area contributed by atoms with Gasteiger partial charge in [-0.2, -0.15) is 0 Å². The first-order valence-electron chi connectivity index (χ1n) is 10.6. The quantitative estimate of drug-likeness (QED) is 0.419. The number of ether oxygens (including phenoxy) is 2. The number of hydrogen-bond donors (Lipinski definition) is 0. The molecule has 1 saturated carbocycles. The van der Waals surface area contributed by atoms with Gasteiger partial charge in [-0.25, -0.2) is 4.39 Å². The first kappa shape index (κ1) is 22.1. The van der Waals surface area contributed by atoms with E-state index in [2.05, 4.69) is 4.98 Å². The average molecular weight is 455 g/mol. The van der Waals surface area contributed by atoms with E-state index in [4.69, 9.17) is 21.1 Å². The fourth-order valence-electron chi connectivity index (χ4n) is 3.45. The van der Waals surface area contributed by atoms with Gasteiger partial charge in [-0.15, -0.1) is 0 Å². The molecule has 5 nitrogen and oxygen atoms in total. The van der Waals surface area contributed by atoms with E-state index in [0.717, 1.165) is 18.4 Å². The molecule has 0 aliphatic heterocycles. The maximum absolute atomic E-state index is 14.3. The number of hydrogen-bond acceptors (Lipinski definition) is 4. The molecule has 0 spiro atoms. The molecular formula is C25H24ClFN2O3. The molecule has 2 aromatic carbocycles. The number of amides is 1. The van der Waals surface area contributed by atoms with Crippen molar-refractivity contribution >= 4 is 17.5 Å². The van der Waals surface area contributed by atoms with Gasteiger partial charge in [0.15, 0.2) is 11.5 Å². The smallest absolute Gasteiger partial charge is 0.254 e. The van der Waals surface area contributed by atoms with Gasteiger partial charge in [-0.3, -0.25) is 9.78 Å². The van der Waals surface area contributed by atoms with Crippen molar-refractivity contribution in [3.63, 3.8) is 0 Å². The molecule has 166 valence electrons. The molecule has 0 bridgehead atoms. The first-order valence-corrected chi connectivity index (χ1v) is 11.0. The second-order valence-corrected chi connectivity index (χ2v) is 8.02. The van der Waals surface area contributed by atoms with Crippen LogP contribution in [0.4, 0.5) is 4.39 Å². The summed E-state index contributed by atoms with van der Waals surface area (Å²) >= 11 is 6.20. The Morgan fingerprint density at radius 2 is 2.00 bits per heavy atom. The highest BCUT2D eigenvalue weighted by atomic mass is 35.5. The summed E-state index contributed by atoms with van der Waals surface area (Å²) in [4.78, 5) is 19.1.